The molecule has 5 heteroatoms. The topological polar surface area (TPSA) is 48.0 Å². The van der Waals surface area contributed by atoms with Gasteiger partial charge in [0.1, 0.15) is 5.75 Å². The number of amides is 1. The molecule has 0 bridgehead atoms. The summed E-state index contributed by atoms with van der Waals surface area (Å²) in [5.41, 5.74) is 3.24. The molecule has 2 aliphatic rings. The van der Waals surface area contributed by atoms with Crippen molar-refractivity contribution in [1.29, 1.82) is 0 Å². The lowest BCUT2D eigenvalue weighted by atomic mass is 9.87. The van der Waals surface area contributed by atoms with Crippen molar-refractivity contribution in [3.05, 3.63) is 53.1 Å². The Hall–Kier alpha value is -2.69. The number of hydrogen-bond acceptors (Lipinski definition) is 4. The van der Waals surface area contributed by atoms with E-state index in [1.807, 2.05) is 36.4 Å². The average Bonchev–Trinajstić information content (AvgIpc) is 2.60. The lowest BCUT2D eigenvalue weighted by Gasteiger charge is -2.40. The van der Waals surface area contributed by atoms with Gasteiger partial charge in [0.25, 0.3) is 0 Å². The van der Waals surface area contributed by atoms with Crippen LogP contribution in [0.1, 0.15) is 22.7 Å². The molecule has 4 rings (SSSR count). The van der Waals surface area contributed by atoms with Crippen LogP contribution in [0.2, 0.25) is 0 Å². The van der Waals surface area contributed by atoms with Crippen molar-refractivity contribution in [2.45, 2.75) is 12.5 Å². The second-order valence-electron chi connectivity index (χ2n) is 5.66. The lowest BCUT2D eigenvalue weighted by Crippen LogP contribution is -2.45. The Morgan fingerprint density at radius 3 is 2.61 bits per heavy atom. The van der Waals surface area contributed by atoms with Gasteiger partial charge in [-0.3, -0.25) is 4.90 Å². The van der Waals surface area contributed by atoms with Gasteiger partial charge in [-0.2, -0.15) is 0 Å². The van der Waals surface area contributed by atoms with Gasteiger partial charge < -0.3 is 14.2 Å². The minimum absolute atomic E-state index is 0.143. The first-order valence-corrected chi connectivity index (χ1v) is 7.55. The van der Waals surface area contributed by atoms with Crippen LogP contribution in [0.25, 0.3) is 0 Å². The van der Waals surface area contributed by atoms with E-state index in [0.29, 0.717) is 23.8 Å². The van der Waals surface area contributed by atoms with Gasteiger partial charge >= 0.3 is 6.09 Å². The summed E-state index contributed by atoms with van der Waals surface area (Å²) < 4.78 is 16.3. The van der Waals surface area contributed by atoms with E-state index in [-0.39, 0.29) is 12.1 Å². The van der Waals surface area contributed by atoms with Crippen molar-refractivity contribution in [3.63, 3.8) is 0 Å². The number of hydrogen-bond donors (Lipinski definition) is 0. The van der Waals surface area contributed by atoms with Crippen molar-refractivity contribution < 1.29 is 19.0 Å². The predicted molar refractivity (Wildman–Crippen MR) is 84.3 cm³/mol. The number of para-hydroxylation sites is 1. The van der Waals surface area contributed by atoms with E-state index in [1.165, 1.54) is 5.56 Å². The molecule has 0 N–H and O–H groups in total. The normalized spacial score (nSPS) is 18.4. The van der Waals surface area contributed by atoms with Gasteiger partial charge in [-0.15, -0.1) is 0 Å². The highest BCUT2D eigenvalue weighted by Gasteiger charge is 2.39. The van der Waals surface area contributed by atoms with E-state index in [1.54, 1.807) is 19.1 Å². The monoisotopic (exact) mass is 311 g/mol. The summed E-state index contributed by atoms with van der Waals surface area (Å²) in [5.74, 6) is 2.01. The van der Waals surface area contributed by atoms with E-state index in [0.717, 1.165) is 17.5 Å². The molecule has 2 aromatic carbocycles. The maximum atomic E-state index is 12.3. The first kappa shape index (κ1) is 13.9. The van der Waals surface area contributed by atoms with E-state index in [9.17, 15) is 4.79 Å². The Bertz CT molecular complexity index is 787. The summed E-state index contributed by atoms with van der Waals surface area (Å²) >= 11 is 0. The van der Waals surface area contributed by atoms with Crippen LogP contribution in [0.3, 0.4) is 0 Å². The highest BCUT2D eigenvalue weighted by Crippen LogP contribution is 2.45. The van der Waals surface area contributed by atoms with Crippen molar-refractivity contribution in [2.24, 2.45) is 0 Å². The van der Waals surface area contributed by atoms with Crippen LogP contribution in [0.4, 0.5) is 4.79 Å². The smallest absolute Gasteiger partial charge is 0.416 e. The molecule has 2 aromatic rings. The van der Waals surface area contributed by atoms with Gasteiger partial charge in [0, 0.05) is 12.1 Å². The highest BCUT2D eigenvalue weighted by atomic mass is 16.6. The number of carbonyl (C=O) groups excluding carboxylic acids is 1. The molecule has 1 unspecified atom stereocenters. The van der Waals surface area contributed by atoms with Gasteiger partial charge in [0.2, 0.25) is 0 Å². The molecular formula is C18H17NO4. The lowest BCUT2D eigenvalue weighted by molar-refractivity contribution is 0.122. The highest BCUT2D eigenvalue weighted by molar-refractivity contribution is 5.76. The van der Waals surface area contributed by atoms with Crippen LogP contribution in [0.15, 0.2) is 36.4 Å². The van der Waals surface area contributed by atoms with Crippen LogP contribution in [0, 0.1) is 0 Å². The standard InChI is InChI=1S/C18H17NO4/c1-21-15-9-11-7-8-19-17(13(11)10-16(15)22-2)12-5-3-4-6-14(12)23-18(19)20/h3-6,9-10,17H,7-8H2,1-2H3. The molecule has 0 aliphatic carbocycles. The molecule has 2 heterocycles. The number of carbonyl (C=O) groups is 1. The zero-order valence-electron chi connectivity index (χ0n) is 13.0. The quantitative estimate of drug-likeness (QED) is 0.855. The maximum absolute atomic E-state index is 12.3. The second-order valence-corrected chi connectivity index (χ2v) is 5.66. The summed E-state index contributed by atoms with van der Waals surface area (Å²) in [7, 11) is 3.25. The molecule has 118 valence electrons. The van der Waals surface area contributed by atoms with E-state index >= 15 is 0 Å². The molecule has 5 nitrogen and oxygen atoms in total. The average molecular weight is 311 g/mol. The Morgan fingerprint density at radius 2 is 1.83 bits per heavy atom. The summed E-state index contributed by atoms with van der Waals surface area (Å²) in [6.07, 6.45) is 0.470. The molecule has 0 fully saturated rings. The van der Waals surface area contributed by atoms with Gasteiger partial charge in [0.05, 0.1) is 20.3 Å². The fraction of sp³-hybridized carbons (Fsp3) is 0.278. The van der Waals surface area contributed by atoms with Crippen LogP contribution >= 0.6 is 0 Å². The van der Waals surface area contributed by atoms with E-state index < -0.39 is 0 Å². The number of nitrogens with zero attached hydrogens (tertiary/aromatic N) is 1. The van der Waals surface area contributed by atoms with Gasteiger partial charge in [-0.25, -0.2) is 4.79 Å². The zero-order valence-corrected chi connectivity index (χ0v) is 13.0. The molecular weight excluding hydrogens is 294 g/mol. The van der Waals surface area contributed by atoms with Crippen molar-refractivity contribution in [2.75, 3.05) is 20.8 Å². The van der Waals surface area contributed by atoms with Crippen LogP contribution in [0.5, 0.6) is 17.2 Å². The van der Waals surface area contributed by atoms with Crippen molar-refractivity contribution >= 4 is 6.09 Å². The zero-order chi connectivity index (χ0) is 16.0. The SMILES string of the molecule is COc1cc2c(cc1OC)C1c3ccccc3OC(=O)N1CC2. The van der Waals surface area contributed by atoms with E-state index in [4.69, 9.17) is 14.2 Å². The van der Waals surface area contributed by atoms with Crippen LogP contribution in [-0.4, -0.2) is 31.8 Å². The number of fused-ring (bicyclic) bond motifs is 5. The van der Waals surface area contributed by atoms with Gasteiger partial charge in [-0.05, 0) is 35.7 Å². The minimum Gasteiger partial charge on any atom is -0.493 e. The molecule has 0 saturated heterocycles. The fourth-order valence-electron chi connectivity index (χ4n) is 3.43. The Kier molecular flexibility index (Phi) is 3.15. The largest absolute Gasteiger partial charge is 0.493 e. The van der Waals surface area contributed by atoms with Gasteiger partial charge in [0.15, 0.2) is 11.5 Å². The first-order chi connectivity index (χ1) is 11.2. The van der Waals surface area contributed by atoms with E-state index in [2.05, 4.69) is 0 Å². The number of ether oxygens (including phenoxy) is 3. The number of methoxy groups -OCH3 is 2. The third-order valence-electron chi connectivity index (χ3n) is 4.52. The molecule has 23 heavy (non-hydrogen) atoms. The van der Waals surface area contributed by atoms with Gasteiger partial charge in [-0.1, -0.05) is 18.2 Å². The first-order valence-electron chi connectivity index (χ1n) is 7.55. The van der Waals surface area contributed by atoms with Crippen LogP contribution < -0.4 is 14.2 Å². The Labute approximate surface area is 134 Å². The summed E-state index contributed by atoms with van der Waals surface area (Å²) in [5, 5.41) is 0. The van der Waals surface area contributed by atoms with Crippen molar-refractivity contribution in [3.8, 4) is 17.2 Å². The molecule has 2 aliphatic heterocycles. The Morgan fingerprint density at radius 1 is 1.09 bits per heavy atom. The molecule has 1 amide bonds. The Balaban J connectivity index is 1.92. The number of rotatable bonds is 2. The molecule has 0 aromatic heterocycles. The summed E-state index contributed by atoms with van der Waals surface area (Å²) in [6, 6.07) is 11.5. The molecule has 1 atom stereocenters. The number of benzene rings is 2. The van der Waals surface area contributed by atoms with Crippen LogP contribution in [-0.2, 0) is 6.42 Å². The second kappa shape index (κ2) is 5.19. The minimum atomic E-state index is -0.297. The molecule has 0 saturated carbocycles. The molecule has 0 spiro atoms. The maximum Gasteiger partial charge on any atom is 0.416 e. The summed E-state index contributed by atoms with van der Waals surface area (Å²) in [6.45, 7) is 0.625. The predicted octanol–water partition coefficient (Wildman–Crippen LogP) is 3.16. The molecule has 0 radical (unpaired) electrons. The summed E-state index contributed by atoms with van der Waals surface area (Å²) in [4.78, 5) is 14.1. The fourth-order valence-corrected chi connectivity index (χ4v) is 3.43. The third kappa shape index (κ3) is 2.04. The third-order valence-corrected chi connectivity index (χ3v) is 4.52. The van der Waals surface area contributed by atoms with Crippen molar-refractivity contribution in [1.82, 2.24) is 4.90 Å².